The standard InChI is InChI=1S/C9H13N.2C8H8N2.C8H11NO.C8H11N.C7H8FN.C7H10N2.C6H7FN2/c1-6-5-7(2)10-9(4)8(6)3;1-6-4-8(9-3)10-5-7(6)2;1-6-4-5-8(9-3)10-7(6)2;1-6-4-5-8(10-3)9-7(6)2;1-6-4-5-7(2)9-8(6)3;1-5-3-7(8)9-4-6(5)2;1-5-4-8-7(3)9-6(5)2;1-4-3-8-6(7)9-5(4)2/h5H,1-4H3;2*4-5H,1-2H3;4-5H,1-3H3;4-5H,1-3H3;3-4H,1-2H3;4H,1-3H3;3H,1-2H3. The maximum absolute atomic E-state index is 12.2. The molecule has 0 unspecified atom stereocenters. The Labute approximate surface area is 451 Å². The zero-order valence-electron chi connectivity index (χ0n) is 48.5. The summed E-state index contributed by atoms with van der Waals surface area (Å²) in [4.78, 5) is 45.7. The molecule has 0 saturated heterocycles. The van der Waals surface area contributed by atoms with Crippen molar-refractivity contribution in [3.63, 3.8) is 0 Å². The Morgan fingerprint density at radius 1 is 0.368 bits per heavy atom. The van der Waals surface area contributed by atoms with Crippen molar-refractivity contribution in [2.24, 2.45) is 0 Å². The first-order chi connectivity index (χ1) is 35.6. The monoisotopic (exact) mass is 1030 g/mol. The Hall–Kier alpha value is -8.30. The maximum atomic E-state index is 12.2. The van der Waals surface area contributed by atoms with Crippen molar-refractivity contribution in [3.8, 4) is 5.88 Å². The van der Waals surface area contributed by atoms with Crippen LogP contribution < -0.4 is 4.74 Å². The van der Waals surface area contributed by atoms with Gasteiger partial charge in [0.15, 0.2) is 0 Å². The molecule has 0 spiro atoms. The summed E-state index contributed by atoms with van der Waals surface area (Å²) in [5, 5.41) is 0. The van der Waals surface area contributed by atoms with Gasteiger partial charge in [0.1, 0.15) is 17.7 Å². The SMILES string of the molecule is COc1ccc(C)c(C)n1.Cc1cc(C)c(C)c(C)n1.Cc1ccc(C)c(C)n1.Cc1cnc(F)cc1C.Cc1cnc(F)nc1C.Cc1ncc(C)c(C)n1.[C-]#[N+]c1cc(C)c(C)cn1.[C-]#[N+]c1ccc(C)c(C)n1. The molecular formula is C61H76F2N12O. The van der Waals surface area contributed by atoms with Gasteiger partial charge >= 0.3 is 6.08 Å². The van der Waals surface area contributed by atoms with Gasteiger partial charge in [0.05, 0.1) is 7.11 Å². The molecule has 15 heteroatoms. The molecular weight excluding hydrogens is 955 g/mol. The van der Waals surface area contributed by atoms with E-state index in [1.165, 1.54) is 40.7 Å². The number of methoxy groups -OCH3 is 1. The van der Waals surface area contributed by atoms with Gasteiger partial charge in [-0.05, 0) is 218 Å². The van der Waals surface area contributed by atoms with Crippen molar-refractivity contribution in [2.75, 3.05) is 7.11 Å². The summed E-state index contributed by atoms with van der Waals surface area (Å²) in [6.45, 7) is 52.9. The van der Waals surface area contributed by atoms with Crippen molar-refractivity contribution >= 4 is 11.6 Å². The van der Waals surface area contributed by atoms with Crippen LogP contribution in [0.25, 0.3) is 9.69 Å². The molecule has 8 heterocycles. The molecule has 0 N–H and O–H groups in total. The highest BCUT2D eigenvalue weighted by atomic mass is 19.1. The van der Waals surface area contributed by atoms with Crippen LogP contribution in [0.1, 0.15) is 113 Å². The predicted molar refractivity (Wildman–Crippen MR) is 303 cm³/mol. The predicted octanol–water partition coefficient (Wildman–Crippen LogP) is 15.0. The highest BCUT2D eigenvalue weighted by Gasteiger charge is 2.01. The van der Waals surface area contributed by atoms with E-state index in [0.29, 0.717) is 23.2 Å². The Balaban J connectivity index is 0.000000434. The third-order valence-corrected chi connectivity index (χ3v) is 11.7. The summed E-state index contributed by atoms with van der Waals surface area (Å²) in [7, 11) is 1.62. The molecule has 0 fully saturated rings. The van der Waals surface area contributed by atoms with Crippen molar-refractivity contribution in [3.05, 3.63) is 227 Å². The van der Waals surface area contributed by atoms with Gasteiger partial charge in [-0.15, -0.1) is 9.97 Å². The summed E-state index contributed by atoms with van der Waals surface area (Å²) in [5.74, 6) is 2.07. The fourth-order valence-electron chi connectivity index (χ4n) is 5.65. The summed E-state index contributed by atoms with van der Waals surface area (Å²) in [6, 6.07) is 17.0. The van der Waals surface area contributed by atoms with E-state index in [1.807, 2.05) is 134 Å². The lowest BCUT2D eigenvalue weighted by Gasteiger charge is -2.03. The van der Waals surface area contributed by atoms with Crippen LogP contribution in [0.3, 0.4) is 0 Å². The molecule has 0 amide bonds. The molecule has 0 aliphatic heterocycles. The number of ether oxygens (including phenoxy) is 1. The second-order valence-corrected chi connectivity index (χ2v) is 18.0. The number of aryl methyl sites for hydroxylation is 19. The smallest absolute Gasteiger partial charge is 0.308 e. The molecule has 0 aromatic carbocycles. The number of aromatic nitrogens is 10. The fraction of sp³-hybridized carbons (Fsp3) is 0.344. The number of halogens is 2. The fourth-order valence-corrected chi connectivity index (χ4v) is 5.65. The van der Waals surface area contributed by atoms with E-state index in [2.05, 4.69) is 99.4 Å². The third kappa shape index (κ3) is 25.1. The van der Waals surface area contributed by atoms with E-state index in [1.54, 1.807) is 32.4 Å². The highest BCUT2D eigenvalue weighted by molar-refractivity contribution is 5.41. The van der Waals surface area contributed by atoms with Crippen molar-refractivity contribution in [1.29, 1.82) is 0 Å². The minimum absolute atomic E-state index is 0.405. The first-order valence-corrected chi connectivity index (χ1v) is 24.4. The lowest BCUT2D eigenvalue weighted by molar-refractivity contribution is 0.396. The summed E-state index contributed by atoms with van der Waals surface area (Å²) in [6.07, 6.45) is 5.92. The average Bonchev–Trinajstić information content (AvgIpc) is 3.37. The lowest BCUT2D eigenvalue weighted by Crippen LogP contribution is -1.93. The van der Waals surface area contributed by atoms with E-state index in [4.69, 9.17) is 17.9 Å². The largest absolute Gasteiger partial charge is 0.481 e. The number of pyridine rings is 6. The van der Waals surface area contributed by atoms with Crippen LogP contribution in [0, 0.1) is 164 Å². The third-order valence-electron chi connectivity index (χ3n) is 11.7. The first kappa shape index (κ1) is 65.7. The minimum atomic E-state index is -0.655. The van der Waals surface area contributed by atoms with Gasteiger partial charge in [-0.25, -0.2) is 29.9 Å². The Morgan fingerprint density at radius 2 is 0.829 bits per heavy atom. The van der Waals surface area contributed by atoms with Crippen molar-refractivity contribution < 1.29 is 13.5 Å². The van der Waals surface area contributed by atoms with Gasteiger partial charge in [-0.3, -0.25) is 9.97 Å². The molecule has 0 aliphatic rings. The summed E-state index contributed by atoms with van der Waals surface area (Å²) >= 11 is 0. The van der Waals surface area contributed by atoms with E-state index in [0.717, 1.165) is 84.6 Å². The zero-order chi connectivity index (χ0) is 57.8. The molecule has 0 atom stereocenters. The lowest BCUT2D eigenvalue weighted by atomic mass is 10.1. The molecule has 76 heavy (non-hydrogen) atoms. The van der Waals surface area contributed by atoms with Gasteiger partial charge in [0, 0.05) is 71.4 Å². The number of hydrogen-bond donors (Lipinski definition) is 0. The normalized spacial score (nSPS) is 9.49. The van der Waals surface area contributed by atoms with Crippen LogP contribution in [0.2, 0.25) is 0 Å². The van der Waals surface area contributed by atoms with Crippen LogP contribution in [-0.4, -0.2) is 56.9 Å². The van der Waals surface area contributed by atoms with Gasteiger partial charge in [0.2, 0.25) is 11.8 Å². The second-order valence-electron chi connectivity index (χ2n) is 18.0. The zero-order valence-corrected chi connectivity index (χ0v) is 48.5. The first-order valence-electron chi connectivity index (χ1n) is 24.4. The Kier molecular flexibility index (Phi) is 29.0. The molecule has 0 saturated carbocycles. The molecule has 0 radical (unpaired) electrons. The summed E-state index contributed by atoms with van der Waals surface area (Å²) < 4.78 is 29.3. The van der Waals surface area contributed by atoms with Crippen molar-refractivity contribution in [2.45, 2.75) is 138 Å². The van der Waals surface area contributed by atoms with E-state index in [-0.39, 0.29) is 0 Å². The van der Waals surface area contributed by atoms with Gasteiger partial charge < -0.3 is 14.4 Å². The summed E-state index contributed by atoms with van der Waals surface area (Å²) in [5.41, 5.74) is 20.8. The van der Waals surface area contributed by atoms with Crippen LogP contribution in [-0.2, 0) is 0 Å². The molecule has 0 bridgehead atoms. The Bertz CT molecular complexity index is 2930. The van der Waals surface area contributed by atoms with Crippen LogP contribution in [0.15, 0.2) is 79.4 Å². The maximum Gasteiger partial charge on any atom is 0.308 e. The topological polar surface area (TPSA) is 147 Å². The number of rotatable bonds is 1. The van der Waals surface area contributed by atoms with Crippen molar-refractivity contribution in [1.82, 2.24) is 49.8 Å². The molecule has 8 aromatic heterocycles. The van der Waals surface area contributed by atoms with Gasteiger partial charge in [-0.1, -0.05) is 36.9 Å². The van der Waals surface area contributed by atoms with Gasteiger partial charge in [-0.2, -0.15) is 8.78 Å². The van der Waals surface area contributed by atoms with Crippen LogP contribution in [0.5, 0.6) is 5.88 Å². The molecule has 8 rings (SSSR count). The average molecular weight is 1030 g/mol. The number of nitrogens with zero attached hydrogens (tertiary/aromatic N) is 12. The van der Waals surface area contributed by atoms with E-state index >= 15 is 0 Å². The van der Waals surface area contributed by atoms with E-state index < -0.39 is 12.0 Å². The van der Waals surface area contributed by atoms with Gasteiger partial charge in [0.25, 0.3) is 11.6 Å². The molecule has 0 aliphatic carbocycles. The molecule has 13 nitrogen and oxygen atoms in total. The second kappa shape index (κ2) is 33.5. The van der Waals surface area contributed by atoms with E-state index in [9.17, 15) is 8.78 Å². The highest BCUT2D eigenvalue weighted by Crippen LogP contribution is 2.14. The quantitative estimate of drug-likeness (QED) is 0.0879. The Morgan fingerprint density at radius 3 is 1.25 bits per heavy atom. The minimum Gasteiger partial charge on any atom is -0.481 e. The molecule has 400 valence electrons. The molecule has 8 aromatic rings. The van der Waals surface area contributed by atoms with Crippen LogP contribution in [0.4, 0.5) is 20.4 Å². The van der Waals surface area contributed by atoms with Crippen LogP contribution >= 0.6 is 0 Å². The number of hydrogen-bond acceptors (Lipinski definition) is 11.